The van der Waals surface area contributed by atoms with Gasteiger partial charge in [-0.1, -0.05) is 18.2 Å². The van der Waals surface area contributed by atoms with Gasteiger partial charge < -0.3 is 19.7 Å². The Morgan fingerprint density at radius 3 is 2.84 bits per heavy atom. The molecule has 1 aliphatic heterocycles. The lowest BCUT2D eigenvalue weighted by molar-refractivity contribution is -0.131. The molecule has 2 N–H and O–H groups in total. The van der Waals surface area contributed by atoms with Crippen LogP contribution in [0.25, 0.3) is 21.8 Å². The van der Waals surface area contributed by atoms with Gasteiger partial charge in [-0.05, 0) is 25.5 Å². The van der Waals surface area contributed by atoms with E-state index in [1.807, 2.05) is 0 Å². The minimum absolute atomic E-state index is 0.177. The van der Waals surface area contributed by atoms with Gasteiger partial charge in [-0.3, -0.25) is 9.59 Å². The number of carbonyl (C=O) groups is 1. The number of aliphatic hydroxyl groups excluding tert-OH is 1. The van der Waals surface area contributed by atoms with Crippen molar-refractivity contribution >= 4 is 27.7 Å². The van der Waals surface area contributed by atoms with Gasteiger partial charge >= 0.3 is 0 Å². The summed E-state index contributed by atoms with van der Waals surface area (Å²) < 4.78 is 19.9. The highest BCUT2D eigenvalue weighted by Gasteiger charge is 2.25. The third kappa shape index (κ3) is 5.01. The number of rotatable bonds is 7. The number of β-amino-alcohol motifs (C(OH)–C–C–N with tert-alkyl or cyclic N) is 1. The minimum Gasteiger partial charge on any atom is -0.489 e. The summed E-state index contributed by atoms with van der Waals surface area (Å²) in [6, 6.07) is 12.3. The van der Waals surface area contributed by atoms with Crippen LogP contribution in [-0.2, 0) is 17.8 Å². The molecule has 0 aliphatic carbocycles. The second kappa shape index (κ2) is 9.99. The number of imidazole rings is 1. The first-order valence-electron chi connectivity index (χ1n) is 12.0. The SMILES string of the molecule is CC(F)COc1cc2nc(Cc3nn(CC(=O)N4CCC(O)C4)c(=O)c4ccccc34)[nH]c2cc1C#N. The normalized spacial score (nSPS) is 16.3. The van der Waals surface area contributed by atoms with Crippen molar-refractivity contribution in [1.29, 1.82) is 5.26 Å². The predicted molar refractivity (Wildman–Crippen MR) is 133 cm³/mol. The standard InChI is InChI=1S/C26H25FN6O4/c1-15(27)14-37-23-9-22-21(8-16(23)11-28)29-24(30-22)10-20-18-4-2-3-5-19(18)26(36)33(31-20)13-25(35)32-7-6-17(34)12-32/h2-5,8-9,15,17,34H,6-7,10,12-14H2,1H3,(H,29,30). The lowest BCUT2D eigenvalue weighted by atomic mass is 10.1. The van der Waals surface area contributed by atoms with Gasteiger partial charge in [0.15, 0.2) is 0 Å². The van der Waals surface area contributed by atoms with Crippen molar-refractivity contribution in [2.45, 2.75) is 38.6 Å². The number of carbonyl (C=O) groups excluding carboxylic acids is 1. The van der Waals surface area contributed by atoms with Gasteiger partial charge in [0.1, 0.15) is 37.0 Å². The third-order valence-corrected chi connectivity index (χ3v) is 6.30. The Balaban J connectivity index is 1.49. The third-order valence-electron chi connectivity index (χ3n) is 6.30. The highest BCUT2D eigenvalue weighted by molar-refractivity contribution is 5.85. The van der Waals surface area contributed by atoms with Crippen LogP contribution in [0.4, 0.5) is 4.39 Å². The number of nitrogens with one attached hydrogen (secondary N) is 1. The maximum atomic E-state index is 13.3. The van der Waals surface area contributed by atoms with Gasteiger partial charge in [0.25, 0.3) is 5.56 Å². The molecule has 2 unspecified atom stereocenters. The molecule has 2 aromatic carbocycles. The molecule has 3 heterocycles. The van der Waals surface area contributed by atoms with Crippen molar-refractivity contribution in [2.24, 2.45) is 0 Å². The Hall–Kier alpha value is -4.30. The zero-order valence-electron chi connectivity index (χ0n) is 20.1. The summed E-state index contributed by atoms with van der Waals surface area (Å²) in [5, 5.41) is 24.8. The van der Waals surface area contributed by atoms with E-state index in [0.29, 0.717) is 46.3 Å². The van der Waals surface area contributed by atoms with Crippen LogP contribution >= 0.6 is 0 Å². The van der Waals surface area contributed by atoms with Crippen LogP contribution in [0.1, 0.15) is 30.4 Å². The summed E-state index contributed by atoms with van der Waals surface area (Å²) in [6.45, 7) is 1.64. The second-order valence-electron chi connectivity index (χ2n) is 9.17. The number of H-pyrrole nitrogens is 1. The van der Waals surface area contributed by atoms with Crippen LogP contribution in [0, 0.1) is 11.3 Å². The smallest absolute Gasteiger partial charge is 0.275 e. The van der Waals surface area contributed by atoms with E-state index < -0.39 is 12.3 Å². The van der Waals surface area contributed by atoms with Gasteiger partial charge in [-0.25, -0.2) is 14.1 Å². The lowest BCUT2D eigenvalue weighted by Gasteiger charge is -2.16. The predicted octanol–water partition coefficient (Wildman–Crippen LogP) is 2.07. The molecule has 0 saturated carbocycles. The molecule has 37 heavy (non-hydrogen) atoms. The maximum Gasteiger partial charge on any atom is 0.275 e. The highest BCUT2D eigenvalue weighted by atomic mass is 19.1. The molecule has 1 aliphatic rings. The van der Waals surface area contributed by atoms with Crippen LogP contribution in [0.3, 0.4) is 0 Å². The molecule has 2 aromatic heterocycles. The molecular formula is C26H25FN6O4. The number of alkyl halides is 1. The van der Waals surface area contributed by atoms with Crippen LogP contribution in [0.15, 0.2) is 41.2 Å². The second-order valence-corrected chi connectivity index (χ2v) is 9.17. The summed E-state index contributed by atoms with van der Waals surface area (Å²) in [4.78, 5) is 35.2. The average Bonchev–Trinajstić information content (AvgIpc) is 3.50. The first kappa shape index (κ1) is 24.4. The van der Waals surface area contributed by atoms with Gasteiger partial charge in [0.05, 0.1) is 40.2 Å². The van der Waals surface area contributed by atoms with Crippen molar-refractivity contribution in [2.75, 3.05) is 19.7 Å². The van der Waals surface area contributed by atoms with Gasteiger partial charge in [0.2, 0.25) is 5.91 Å². The number of aliphatic hydroxyl groups is 1. The van der Waals surface area contributed by atoms with Gasteiger partial charge in [0, 0.05) is 24.5 Å². The maximum absolute atomic E-state index is 13.3. The van der Waals surface area contributed by atoms with E-state index in [4.69, 9.17) is 4.74 Å². The molecule has 1 amide bonds. The number of benzene rings is 2. The first-order valence-corrected chi connectivity index (χ1v) is 12.0. The fraction of sp³-hybridized carbons (Fsp3) is 0.346. The summed E-state index contributed by atoms with van der Waals surface area (Å²) in [5.41, 5.74) is 1.57. The molecular weight excluding hydrogens is 479 g/mol. The summed E-state index contributed by atoms with van der Waals surface area (Å²) in [5.74, 6) is 0.502. The monoisotopic (exact) mass is 504 g/mol. The van der Waals surface area contributed by atoms with E-state index in [1.165, 1.54) is 11.8 Å². The van der Waals surface area contributed by atoms with Gasteiger partial charge in [-0.2, -0.15) is 10.4 Å². The molecule has 0 bridgehead atoms. The molecule has 1 saturated heterocycles. The van der Waals surface area contributed by atoms with Crippen molar-refractivity contribution < 1.29 is 19.0 Å². The van der Waals surface area contributed by atoms with Crippen molar-refractivity contribution in [3.05, 3.63) is 63.8 Å². The minimum atomic E-state index is -1.19. The van der Waals surface area contributed by atoms with E-state index in [0.717, 1.165) is 4.68 Å². The number of nitrogens with zero attached hydrogens (tertiary/aromatic N) is 5. The number of aromatic amines is 1. The number of hydrogen-bond acceptors (Lipinski definition) is 7. The molecule has 2 atom stereocenters. The molecule has 0 radical (unpaired) electrons. The average molecular weight is 505 g/mol. The topological polar surface area (TPSA) is 137 Å². The number of fused-ring (bicyclic) bond motifs is 2. The van der Waals surface area contributed by atoms with E-state index in [-0.39, 0.29) is 48.9 Å². The van der Waals surface area contributed by atoms with E-state index in [2.05, 4.69) is 21.1 Å². The quantitative estimate of drug-likeness (QED) is 0.393. The van der Waals surface area contributed by atoms with Crippen LogP contribution in [0.2, 0.25) is 0 Å². The largest absolute Gasteiger partial charge is 0.489 e. The molecule has 10 nitrogen and oxygen atoms in total. The molecule has 5 rings (SSSR count). The van der Waals surface area contributed by atoms with Crippen molar-refractivity contribution in [3.63, 3.8) is 0 Å². The summed E-state index contributed by atoms with van der Waals surface area (Å²) in [7, 11) is 0. The molecule has 11 heteroatoms. The van der Waals surface area contributed by atoms with Crippen LogP contribution in [0.5, 0.6) is 5.75 Å². The Labute approximate surface area is 210 Å². The van der Waals surface area contributed by atoms with Gasteiger partial charge in [-0.15, -0.1) is 0 Å². The summed E-state index contributed by atoms with van der Waals surface area (Å²) in [6.07, 6.45) is -1.00. The number of likely N-dealkylation sites (tertiary alicyclic amines) is 1. The van der Waals surface area contributed by atoms with E-state index in [1.54, 1.807) is 36.4 Å². The van der Waals surface area contributed by atoms with Crippen LogP contribution in [-0.4, -0.2) is 67.6 Å². The highest BCUT2D eigenvalue weighted by Crippen LogP contribution is 2.26. The fourth-order valence-corrected chi connectivity index (χ4v) is 4.48. The Morgan fingerprint density at radius 2 is 2.14 bits per heavy atom. The number of ether oxygens (including phenoxy) is 1. The Bertz CT molecular complexity index is 1590. The number of aromatic nitrogens is 4. The summed E-state index contributed by atoms with van der Waals surface area (Å²) >= 11 is 0. The molecule has 1 fully saturated rings. The fourth-order valence-electron chi connectivity index (χ4n) is 4.48. The van der Waals surface area contributed by atoms with Crippen molar-refractivity contribution in [3.8, 4) is 11.8 Å². The molecule has 190 valence electrons. The number of halogens is 1. The molecule has 0 spiro atoms. The van der Waals surface area contributed by atoms with E-state index >= 15 is 0 Å². The van der Waals surface area contributed by atoms with Crippen LogP contribution < -0.4 is 10.3 Å². The Morgan fingerprint density at radius 1 is 1.35 bits per heavy atom. The zero-order valence-corrected chi connectivity index (χ0v) is 20.1. The molecule has 4 aromatic rings. The van der Waals surface area contributed by atoms with Crippen molar-refractivity contribution in [1.82, 2.24) is 24.6 Å². The number of hydrogen-bond donors (Lipinski definition) is 2. The number of nitriles is 1. The Kier molecular flexibility index (Phi) is 6.58. The lowest BCUT2D eigenvalue weighted by Crippen LogP contribution is -2.37. The first-order chi connectivity index (χ1) is 17.8. The number of amides is 1. The van der Waals surface area contributed by atoms with E-state index in [9.17, 15) is 24.3 Å². The zero-order chi connectivity index (χ0) is 26.1.